The van der Waals surface area contributed by atoms with Crippen LogP contribution in [0.5, 0.6) is 5.75 Å². The van der Waals surface area contributed by atoms with Crippen LogP contribution in [0.1, 0.15) is 36.7 Å². The van der Waals surface area contributed by atoms with Crippen molar-refractivity contribution in [2.24, 2.45) is 0 Å². The zero-order valence-electron chi connectivity index (χ0n) is 17.4. The van der Waals surface area contributed by atoms with Crippen LogP contribution in [0.15, 0.2) is 47.6 Å². The minimum atomic E-state index is -0.0619. The van der Waals surface area contributed by atoms with Crippen molar-refractivity contribution in [1.29, 1.82) is 0 Å². The van der Waals surface area contributed by atoms with Gasteiger partial charge < -0.3 is 10.1 Å². The van der Waals surface area contributed by atoms with Gasteiger partial charge in [0, 0.05) is 11.4 Å². The van der Waals surface area contributed by atoms with Gasteiger partial charge in [0.1, 0.15) is 11.6 Å². The van der Waals surface area contributed by atoms with E-state index in [1.165, 1.54) is 11.8 Å². The topological polar surface area (TPSA) is 69.0 Å². The van der Waals surface area contributed by atoms with E-state index in [0.29, 0.717) is 11.1 Å². The zero-order valence-corrected chi connectivity index (χ0v) is 18.2. The summed E-state index contributed by atoms with van der Waals surface area (Å²) in [6.07, 6.45) is 0. The Morgan fingerprint density at radius 2 is 1.86 bits per heavy atom. The normalized spacial score (nSPS) is 11.0. The first kappa shape index (κ1) is 20.9. The number of carbonyl (C=O) groups is 1. The van der Waals surface area contributed by atoms with E-state index in [9.17, 15) is 4.79 Å². The molecule has 6 nitrogen and oxygen atoms in total. The van der Waals surface area contributed by atoms with Crippen LogP contribution in [0, 0.1) is 13.8 Å². The molecule has 0 aliphatic carbocycles. The molecule has 0 fully saturated rings. The van der Waals surface area contributed by atoms with E-state index in [1.54, 1.807) is 7.11 Å². The fourth-order valence-corrected chi connectivity index (χ4v) is 3.91. The highest BCUT2D eigenvalue weighted by Gasteiger charge is 2.16. The number of hydrogen-bond acceptors (Lipinski definition) is 5. The maximum atomic E-state index is 12.6. The number of nitrogens with one attached hydrogen (secondary N) is 1. The number of hydrogen-bond donors (Lipinski definition) is 1. The summed E-state index contributed by atoms with van der Waals surface area (Å²) in [6, 6.07) is 13.8. The van der Waals surface area contributed by atoms with Gasteiger partial charge in [-0.1, -0.05) is 43.8 Å². The molecule has 0 aliphatic heterocycles. The third-order valence-electron chi connectivity index (χ3n) is 4.65. The van der Waals surface area contributed by atoms with Gasteiger partial charge >= 0.3 is 0 Å². The van der Waals surface area contributed by atoms with Gasteiger partial charge in [0.25, 0.3) is 0 Å². The molecular formula is C22H26N4O2S. The minimum Gasteiger partial charge on any atom is -0.497 e. The molecule has 1 heterocycles. The second-order valence-corrected chi connectivity index (χ2v) is 8.04. The summed E-state index contributed by atoms with van der Waals surface area (Å²) in [6.45, 7) is 8.15. The molecule has 0 saturated heterocycles. The van der Waals surface area contributed by atoms with Crippen LogP contribution in [-0.4, -0.2) is 33.5 Å². The molecule has 152 valence electrons. The van der Waals surface area contributed by atoms with E-state index in [2.05, 4.69) is 35.4 Å². The van der Waals surface area contributed by atoms with Crippen molar-refractivity contribution in [2.45, 2.75) is 38.8 Å². The number of methoxy groups -OCH3 is 1. The van der Waals surface area contributed by atoms with Crippen LogP contribution < -0.4 is 10.1 Å². The van der Waals surface area contributed by atoms with Crippen molar-refractivity contribution in [3.8, 4) is 11.4 Å². The van der Waals surface area contributed by atoms with Crippen LogP contribution in [0.4, 0.5) is 5.69 Å². The number of amides is 1. The van der Waals surface area contributed by atoms with E-state index in [4.69, 9.17) is 4.74 Å². The fourth-order valence-electron chi connectivity index (χ4n) is 3.11. The summed E-state index contributed by atoms with van der Waals surface area (Å²) in [5.74, 6) is 2.07. The van der Waals surface area contributed by atoms with E-state index < -0.39 is 0 Å². The van der Waals surface area contributed by atoms with Gasteiger partial charge in [0.05, 0.1) is 12.9 Å². The smallest absolute Gasteiger partial charge is 0.234 e. The Kier molecular flexibility index (Phi) is 6.59. The lowest BCUT2D eigenvalue weighted by molar-refractivity contribution is -0.113. The lowest BCUT2D eigenvalue weighted by Gasteiger charge is -2.16. The number of benzene rings is 2. The number of thioether (sulfide) groups is 1. The SMILES string of the molecule is COc1ccc(-n2c(C)nnc2SCC(=O)Nc2c(C)cccc2C(C)C)cc1. The Morgan fingerprint density at radius 1 is 1.14 bits per heavy atom. The maximum Gasteiger partial charge on any atom is 0.234 e. The van der Waals surface area contributed by atoms with Crippen molar-refractivity contribution in [2.75, 3.05) is 18.2 Å². The molecule has 7 heteroatoms. The van der Waals surface area contributed by atoms with E-state index in [0.717, 1.165) is 34.1 Å². The Labute approximate surface area is 175 Å². The average molecular weight is 411 g/mol. The Balaban J connectivity index is 1.74. The Morgan fingerprint density at radius 3 is 2.52 bits per heavy atom. The lowest BCUT2D eigenvalue weighted by atomic mass is 9.98. The van der Waals surface area contributed by atoms with Crippen LogP contribution in [-0.2, 0) is 4.79 Å². The van der Waals surface area contributed by atoms with Gasteiger partial charge in [0.15, 0.2) is 5.16 Å². The molecule has 0 saturated carbocycles. The van der Waals surface area contributed by atoms with Gasteiger partial charge in [-0.25, -0.2) is 0 Å². The zero-order chi connectivity index (χ0) is 21.0. The number of carbonyl (C=O) groups excluding carboxylic acids is 1. The molecule has 1 N–H and O–H groups in total. The molecule has 1 amide bonds. The molecule has 29 heavy (non-hydrogen) atoms. The first-order valence-electron chi connectivity index (χ1n) is 9.49. The molecule has 0 radical (unpaired) electrons. The molecule has 1 aromatic heterocycles. The first-order valence-corrected chi connectivity index (χ1v) is 10.5. The summed E-state index contributed by atoms with van der Waals surface area (Å²) in [5.41, 5.74) is 4.03. The number of rotatable bonds is 7. The van der Waals surface area contributed by atoms with Crippen molar-refractivity contribution in [3.05, 3.63) is 59.4 Å². The molecule has 0 atom stereocenters. The largest absolute Gasteiger partial charge is 0.497 e. The number of aryl methyl sites for hydroxylation is 2. The highest BCUT2D eigenvalue weighted by atomic mass is 32.2. The fraction of sp³-hybridized carbons (Fsp3) is 0.318. The highest BCUT2D eigenvalue weighted by Crippen LogP contribution is 2.28. The monoisotopic (exact) mass is 410 g/mol. The lowest BCUT2D eigenvalue weighted by Crippen LogP contribution is -2.17. The van der Waals surface area contributed by atoms with Crippen molar-refractivity contribution in [1.82, 2.24) is 14.8 Å². The van der Waals surface area contributed by atoms with E-state index in [-0.39, 0.29) is 11.7 Å². The Bertz CT molecular complexity index is 997. The molecular weight excluding hydrogens is 384 g/mol. The molecule has 2 aromatic carbocycles. The predicted molar refractivity (Wildman–Crippen MR) is 117 cm³/mol. The molecule has 3 rings (SSSR count). The van der Waals surface area contributed by atoms with E-state index >= 15 is 0 Å². The molecule has 0 aliphatic rings. The standard InChI is InChI=1S/C22H26N4O2S/c1-14(2)19-8-6-7-15(3)21(19)23-20(27)13-29-22-25-24-16(4)26(22)17-9-11-18(28-5)12-10-17/h6-12,14H,13H2,1-5H3,(H,23,27). The third kappa shape index (κ3) is 4.79. The van der Waals surface area contributed by atoms with Crippen molar-refractivity contribution < 1.29 is 9.53 Å². The summed E-state index contributed by atoms with van der Waals surface area (Å²) >= 11 is 1.37. The third-order valence-corrected chi connectivity index (χ3v) is 5.58. The quantitative estimate of drug-likeness (QED) is 0.570. The first-order chi connectivity index (χ1) is 13.9. The predicted octanol–water partition coefficient (Wildman–Crippen LogP) is 4.75. The summed E-state index contributed by atoms with van der Waals surface area (Å²) < 4.78 is 7.16. The van der Waals surface area contributed by atoms with Gasteiger partial charge in [-0.05, 0) is 55.2 Å². The van der Waals surface area contributed by atoms with Gasteiger partial charge in [-0.3, -0.25) is 9.36 Å². The second kappa shape index (κ2) is 9.13. The van der Waals surface area contributed by atoms with Gasteiger partial charge in [-0.15, -0.1) is 10.2 Å². The summed E-state index contributed by atoms with van der Waals surface area (Å²) in [5, 5.41) is 12.2. The Hall–Kier alpha value is -2.80. The van der Waals surface area contributed by atoms with Gasteiger partial charge in [0.2, 0.25) is 5.91 Å². The number of para-hydroxylation sites is 1. The number of ether oxygens (including phenoxy) is 1. The molecule has 3 aromatic rings. The molecule has 0 spiro atoms. The van der Waals surface area contributed by atoms with Crippen LogP contribution in [0.2, 0.25) is 0 Å². The summed E-state index contributed by atoms with van der Waals surface area (Å²) in [4.78, 5) is 12.6. The average Bonchev–Trinajstić information content (AvgIpc) is 3.08. The van der Waals surface area contributed by atoms with E-state index in [1.807, 2.05) is 54.8 Å². The van der Waals surface area contributed by atoms with Crippen LogP contribution in [0.3, 0.4) is 0 Å². The highest BCUT2D eigenvalue weighted by molar-refractivity contribution is 7.99. The number of aromatic nitrogens is 3. The molecule has 0 bridgehead atoms. The summed E-state index contributed by atoms with van der Waals surface area (Å²) in [7, 11) is 1.64. The van der Waals surface area contributed by atoms with Crippen LogP contribution >= 0.6 is 11.8 Å². The van der Waals surface area contributed by atoms with Crippen molar-refractivity contribution >= 4 is 23.4 Å². The number of nitrogens with zero attached hydrogens (tertiary/aromatic N) is 3. The maximum absolute atomic E-state index is 12.6. The van der Waals surface area contributed by atoms with Gasteiger partial charge in [-0.2, -0.15) is 0 Å². The number of anilines is 1. The van der Waals surface area contributed by atoms with Crippen molar-refractivity contribution in [3.63, 3.8) is 0 Å². The minimum absolute atomic E-state index is 0.0619. The molecule has 0 unspecified atom stereocenters. The van der Waals surface area contributed by atoms with Crippen LogP contribution in [0.25, 0.3) is 5.69 Å². The second-order valence-electron chi connectivity index (χ2n) is 7.09.